The lowest BCUT2D eigenvalue weighted by molar-refractivity contribution is -0.385. The van der Waals surface area contributed by atoms with E-state index in [-0.39, 0.29) is 17.2 Å². The molecular weight excluding hydrogens is 336 g/mol. The van der Waals surface area contributed by atoms with Gasteiger partial charge in [0.15, 0.2) is 0 Å². The van der Waals surface area contributed by atoms with Crippen molar-refractivity contribution in [2.45, 2.75) is 20.4 Å². The fourth-order valence-electron chi connectivity index (χ4n) is 2.58. The summed E-state index contributed by atoms with van der Waals surface area (Å²) in [6.07, 6.45) is 3.20. The fraction of sp³-hybridized carbons (Fsp3) is 0.235. The minimum absolute atomic E-state index is 0.141. The number of hydrogen-bond donors (Lipinski definition) is 1. The number of methoxy groups -OCH3 is 1. The number of rotatable bonds is 6. The summed E-state index contributed by atoms with van der Waals surface area (Å²) in [5.74, 6) is 1.84. The summed E-state index contributed by atoms with van der Waals surface area (Å²) in [7, 11) is 1.61. The third kappa shape index (κ3) is 3.46. The van der Waals surface area contributed by atoms with Gasteiger partial charge in [-0.05, 0) is 31.5 Å². The van der Waals surface area contributed by atoms with E-state index >= 15 is 0 Å². The maximum Gasteiger partial charge on any atom is 0.333 e. The Morgan fingerprint density at radius 1 is 1.31 bits per heavy atom. The molecule has 0 bridgehead atoms. The smallest absolute Gasteiger partial charge is 0.333 e. The van der Waals surface area contributed by atoms with Gasteiger partial charge in [-0.25, -0.2) is 9.97 Å². The molecule has 3 aromatic rings. The molecule has 0 aliphatic carbocycles. The second-order valence-electron chi connectivity index (χ2n) is 5.61. The number of aryl methyl sites for hydroxylation is 2. The number of nitro groups is 1. The molecule has 0 radical (unpaired) electrons. The van der Waals surface area contributed by atoms with Crippen LogP contribution in [0.15, 0.2) is 36.7 Å². The molecule has 26 heavy (non-hydrogen) atoms. The molecule has 2 aromatic heterocycles. The molecule has 0 saturated carbocycles. The normalized spacial score (nSPS) is 10.6. The van der Waals surface area contributed by atoms with Crippen LogP contribution in [0.5, 0.6) is 5.75 Å². The van der Waals surface area contributed by atoms with Crippen molar-refractivity contribution >= 4 is 11.6 Å². The Hall–Kier alpha value is -3.49. The Morgan fingerprint density at radius 3 is 2.77 bits per heavy atom. The number of nitrogens with zero attached hydrogens (tertiary/aromatic N) is 5. The zero-order chi connectivity index (χ0) is 18.7. The van der Waals surface area contributed by atoms with Gasteiger partial charge in [0.2, 0.25) is 11.8 Å². The number of benzene rings is 1. The van der Waals surface area contributed by atoms with Crippen LogP contribution in [0, 0.1) is 24.0 Å². The number of aromatic nitrogens is 4. The Morgan fingerprint density at radius 2 is 2.12 bits per heavy atom. The SMILES string of the molecule is COc1cccc(CNc2nc(C)c([N+](=O)[O-])c(-n3ccnc3C)n2)c1. The molecule has 0 amide bonds. The van der Waals surface area contributed by atoms with Crippen molar-refractivity contribution in [1.82, 2.24) is 19.5 Å². The lowest BCUT2D eigenvalue weighted by Gasteiger charge is -2.11. The third-order valence-corrected chi connectivity index (χ3v) is 3.86. The highest BCUT2D eigenvalue weighted by Gasteiger charge is 2.24. The van der Waals surface area contributed by atoms with Gasteiger partial charge in [0.1, 0.15) is 17.3 Å². The van der Waals surface area contributed by atoms with E-state index in [2.05, 4.69) is 20.3 Å². The molecular formula is C17H18N6O3. The largest absolute Gasteiger partial charge is 0.497 e. The maximum atomic E-state index is 11.5. The summed E-state index contributed by atoms with van der Waals surface area (Å²) in [4.78, 5) is 23.7. The molecule has 0 unspecified atom stereocenters. The molecule has 0 aliphatic heterocycles. The van der Waals surface area contributed by atoms with Crippen molar-refractivity contribution in [2.75, 3.05) is 12.4 Å². The molecule has 0 atom stereocenters. The van der Waals surface area contributed by atoms with E-state index in [1.165, 1.54) is 0 Å². The standard InChI is InChI=1S/C17H18N6O3/c1-11-15(23(24)25)16(22-8-7-18-12(22)2)21-17(20-11)19-10-13-5-4-6-14(9-13)26-3/h4-9H,10H2,1-3H3,(H,19,20,21). The Kier molecular flexibility index (Phi) is 4.78. The topological polar surface area (TPSA) is 108 Å². The molecule has 9 heteroatoms. The Labute approximate surface area is 149 Å². The first-order valence-corrected chi connectivity index (χ1v) is 7.89. The van der Waals surface area contributed by atoms with Gasteiger partial charge in [-0.15, -0.1) is 0 Å². The Balaban J connectivity index is 1.94. The van der Waals surface area contributed by atoms with Gasteiger partial charge in [0, 0.05) is 18.9 Å². The highest BCUT2D eigenvalue weighted by Crippen LogP contribution is 2.26. The minimum atomic E-state index is -0.476. The third-order valence-electron chi connectivity index (χ3n) is 3.86. The van der Waals surface area contributed by atoms with E-state index in [9.17, 15) is 10.1 Å². The number of hydrogen-bond acceptors (Lipinski definition) is 7. The van der Waals surface area contributed by atoms with Gasteiger partial charge in [-0.1, -0.05) is 12.1 Å². The molecule has 1 aromatic carbocycles. The van der Waals surface area contributed by atoms with E-state index in [1.807, 2.05) is 24.3 Å². The second-order valence-corrected chi connectivity index (χ2v) is 5.61. The zero-order valence-corrected chi connectivity index (χ0v) is 14.6. The van der Waals surface area contributed by atoms with Crippen molar-refractivity contribution in [1.29, 1.82) is 0 Å². The van der Waals surface area contributed by atoms with E-state index in [0.717, 1.165) is 11.3 Å². The highest BCUT2D eigenvalue weighted by atomic mass is 16.6. The van der Waals surface area contributed by atoms with Gasteiger partial charge in [0.05, 0.1) is 12.0 Å². The molecule has 0 fully saturated rings. The van der Waals surface area contributed by atoms with Gasteiger partial charge < -0.3 is 10.1 Å². The average Bonchev–Trinajstić information content (AvgIpc) is 3.05. The van der Waals surface area contributed by atoms with E-state index in [1.54, 1.807) is 37.9 Å². The van der Waals surface area contributed by atoms with E-state index in [4.69, 9.17) is 4.74 Å². The van der Waals surface area contributed by atoms with Crippen LogP contribution in [0.25, 0.3) is 5.82 Å². The maximum absolute atomic E-state index is 11.5. The van der Waals surface area contributed by atoms with Gasteiger partial charge >= 0.3 is 5.69 Å². The lowest BCUT2D eigenvalue weighted by Crippen LogP contribution is -2.11. The Bertz CT molecular complexity index is 953. The van der Waals surface area contributed by atoms with E-state index in [0.29, 0.717) is 18.3 Å². The minimum Gasteiger partial charge on any atom is -0.497 e. The molecule has 3 rings (SSSR count). The monoisotopic (exact) mass is 354 g/mol. The molecule has 0 aliphatic rings. The molecule has 1 N–H and O–H groups in total. The van der Waals surface area contributed by atoms with Crippen LogP contribution in [0.4, 0.5) is 11.6 Å². The predicted octanol–water partition coefficient (Wildman–Crippen LogP) is 2.81. The van der Waals surface area contributed by atoms with Gasteiger partial charge in [0.25, 0.3) is 0 Å². The first-order valence-electron chi connectivity index (χ1n) is 7.89. The second kappa shape index (κ2) is 7.18. The van der Waals surface area contributed by atoms with Crippen molar-refractivity contribution in [3.05, 3.63) is 63.9 Å². The summed E-state index contributed by atoms with van der Waals surface area (Å²) in [6, 6.07) is 7.58. The summed E-state index contributed by atoms with van der Waals surface area (Å²) >= 11 is 0. The number of ether oxygens (including phenoxy) is 1. The molecule has 0 saturated heterocycles. The molecule has 9 nitrogen and oxygen atoms in total. The van der Waals surface area contributed by atoms with Crippen LogP contribution in [0.2, 0.25) is 0 Å². The van der Waals surface area contributed by atoms with E-state index < -0.39 is 4.92 Å². The van der Waals surface area contributed by atoms with Crippen molar-refractivity contribution in [3.63, 3.8) is 0 Å². The van der Waals surface area contributed by atoms with Gasteiger partial charge in [-0.2, -0.15) is 4.98 Å². The van der Waals surface area contributed by atoms with Crippen LogP contribution in [-0.2, 0) is 6.54 Å². The molecule has 2 heterocycles. The quantitative estimate of drug-likeness (QED) is 0.535. The molecule has 0 spiro atoms. The summed E-state index contributed by atoms with van der Waals surface area (Å²) in [6.45, 7) is 3.80. The van der Waals surface area contributed by atoms with Crippen molar-refractivity contribution in [2.24, 2.45) is 0 Å². The number of anilines is 1. The van der Waals surface area contributed by atoms with Crippen LogP contribution < -0.4 is 10.1 Å². The average molecular weight is 354 g/mol. The highest BCUT2D eigenvalue weighted by molar-refractivity contribution is 5.54. The molecule has 134 valence electrons. The zero-order valence-electron chi connectivity index (χ0n) is 14.6. The summed E-state index contributed by atoms with van der Waals surface area (Å²) in [5.41, 5.74) is 1.11. The first-order chi connectivity index (χ1) is 12.5. The number of nitrogens with one attached hydrogen (secondary N) is 1. The first kappa shape index (κ1) is 17.3. The summed E-state index contributed by atoms with van der Waals surface area (Å²) in [5, 5.41) is 14.6. The predicted molar refractivity (Wildman–Crippen MR) is 95.6 cm³/mol. The van der Waals surface area contributed by atoms with Crippen LogP contribution in [0.3, 0.4) is 0 Å². The lowest BCUT2D eigenvalue weighted by atomic mass is 10.2. The fourth-order valence-corrected chi connectivity index (χ4v) is 2.58. The van der Waals surface area contributed by atoms with Crippen LogP contribution in [-0.4, -0.2) is 31.6 Å². The van der Waals surface area contributed by atoms with Crippen molar-refractivity contribution in [3.8, 4) is 11.6 Å². The number of imidazole rings is 1. The van der Waals surface area contributed by atoms with Crippen LogP contribution in [0.1, 0.15) is 17.1 Å². The van der Waals surface area contributed by atoms with Crippen LogP contribution >= 0.6 is 0 Å². The summed E-state index contributed by atoms with van der Waals surface area (Å²) < 4.78 is 6.78. The van der Waals surface area contributed by atoms with Gasteiger partial charge in [-0.3, -0.25) is 14.7 Å². The van der Waals surface area contributed by atoms with Crippen molar-refractivity contribution < 1.29 is 9.66 Å².